The predicted octanol–water partition coefficient (Wildman–Crippen LogP) is 5.54. The van der Waals surface area contributed by atoms with Gasteiger partial charge in [-0.3, -0.25) is 0 Å². The number of alkyl halides is 1. The van der Waals surface area contributed by atoms with Crippen molar-refractivity contribution < 1.29 is 4.39 Å². The molecule has 0 amide bonds. The van der Waals surface area contributed by atoms with Crippen LogP contribution in [0.1, 0.15) is 16.7 Å². The standard InChI is InChI=1S/C17H17BrClF/c1-12-2-4-13(5-3-12)8-14(11-19)9-15-10-16(20)6-7-17(15)18/h2-7,10,14H,8-9,11H2,1H3. The first kappa shape index (κ1) is 15.5. The first-order valence-corrected chi connectivity index (χ1v) is 7.96. The molecule has 2 aromatic carbocycles. The van der Waals surface area contributed by atoms with Gasteiger partial charge in [0.25, 0.3) is 0 Å². The summed E-state index contributed by atoms with van der Waals surface area (Å²) in [5.74, 6) is 0.668. The highest BCUT2D eigenvalue weighted by molar-refractivity contribution is 9.10. The van der Waals surface area contributed by atoms with E-state index in [1.807, 2.05) is 0 Å². The molecule has 0 saturated heterocycles. The van der Waals surface area contributed by atoms with E-state index in [9.17, 15) is 4.39 Å². The Morgan fingerprint density at radius 1 is 1.10 bits per heavy atom. The molecule has 0 spiro atoms. The van der Waals surface area contributed by atoms with Crippen LogP contribution < -0.4 is 0 Å². The van der Waals surface area contributed by atoms with Gasteiger partial charge in [0.15, 0.2) is 0 Å². The molecule has 106 valence electrons. The summed E-state index contributed by atoms with van der Waals surface area (Å²) in [6.45, 7) is 2.08. The fraction of sp³-hybridized carbons (Fsp3) is 0.294. The van der Waals surface area contributed by atoms with E-state index >= 15 is 0 Å². The minimum absolute atomic E-state index is 0.202. The van der Waals surface area contributed by atoms with Crippen molar-refractivity contribution in [1.29, 1.82) is 0 Å². The van der Waals surface area contributed by atoms with E-state index in [-0.39, 0.29) is 5.82 Å². The normalized spacial score (nSPS) is 12.4. The summed E-state index contributed by atoms with van der Waals surface area (Å²) in [4.78, 5) is 0. The minimum atomic E-state index is -0.202. The summed E-state index contributed by atoms with van der Waals surface area (Å²) >= 11 is 9.56. The average Bonchev–Trinajstić information content (AvgIpc) is 2.44. The van der Waals surface area contributed by atoms with Crippen LogP contribution >= 0.6 is 27.5 Å². The fourth-order valence-corrected chi connectivity index (χ4v) is 2.88. The van der Waals surface area contributed by atoms with E-state index in [1.165, 1.54) is 17.2 Å². The third kappa shape index (κ3) is 4.32. The Kier molecular flexibility index (Phi) is 5.62. The lowest BCUT2D eigenvalue weighted by atomic mass is 9.93. The second-order valence-electron chi connectivity index (χ2n) is 5.15. The van der Waals surface area contributed by atoms with E-state index in [4.69, 9.17) is 11.6 Å². The fourth-order valence-electron chi connectivity index (χ4n) is 2.25. The summed E-state index contributed by atoms with van der Waals surface area (Å²) in [5, 5.41) is 0. The van der Waals surface area contributed by atoms with Gasteiger partial charge in [-0.05, 0) is 55.0 Å². The second-order valence-corrected chi connectivity index (χ2v) is 6.31. The Balaban J connectivity index is 2.08. The molecule has 0 heterocycles. The van der Waals surface area contributed by atoms with Gasteiger partial charge in [-0.25, -0.2) is 4.39 Å². The van der Waals surface area contributed by atoms with Crippen LogP contribution in [-0.2, 0) is 12.8 Å². The molecule has 0 aliphatic carbocycles. The molecule has 2 aromatic rings. The highest BCUT2D eigenvalue weighted by Crippen LogP contribution is 2.23. The van der Waals surface area contributed by atoms with E-state index < -0.39 is 0 Å². The van der Waals surface area contributed by atoms with Gasteiger partial charge in [0.1, 0.15) is 5.82 Å². The Labute approximate surface area is 133 Å². The van der Waals surface area contributed by atoms with Crippen LogP contribution in [-0.4, -0.2) is 5.88 Å². The quantitative estimate of drug-likeness (QED) is 0.618. The van der Waals surface area contributed by atoms with Gasteiger partial charge in [-0.15, -0.1) is 11.6 Å². The highest BCUT2D eigenvalue weighted by atomic mass is 79.9. The topological polar surface area (TPSA) is 0 Å². The van der Waals surface area contributed by atoms with Crippen LogP contribution in [0.2, 0.25) is 0 Å². The molecular weight excluding hydrogens is 339 g/mol. The average molecular weight is 356 g/mol. The molecule has 0 saturated carbocycles. The van der Waals surface area contributed by atoms with Crippen molar-refractivity contribution in [2.45, 2.75) is 19.8 Å². The zero-order chi connectivity index (χ0) is 14.5. The van der Waals surface area contributed by atoms with Crippen molar-refractivity contribution >= 4 is 27.5 Å². The minimum Gasteiger partial charge on any atom is -0.207 e. The zero-order valence-electron chi connectivity index (χ0n) is 11.4. The van der Waals surface area contributed by atoms with Crippen LogP contribution in [0, 0.1) is 18.7 Å². The molecular formula is C17H17BrClF. The Morgan fingerprint density at radius 3 is 2.45 bits per heavy atom. The highest BCUT2D eigenvalue weighted by Gasteiger charge is 2.12. The summed E-state index contributed by atoms with van der Waals surface area (Å²) in [6, 6.07) is 13.3. The molecule has 20 heavy (non-hydrogen) atoms. The maximum absolute atomic E-state index is 13.3. The number of halogens is 3. The van der Waals surface area contributed by atoms with E-state index in [0.717, 1.165) is 22.9 Å². The number of aryl methyl sites for hydroxylation is 1. The Morgan fingerprint density at radius 2 is 1.80 bits per heavy atom. The maximum atomic E-state index is 13.3. The van der Waals surface area contributed by atoms with Crippen LogP contribution in [0.4, 0.5) is 4.39 Å². The predicted molar refractivity (Wildman–Crippen MR) is 86.9 cm³/mol. The smallest absolute Gasteiger partial charge is 0.123 e. The third-order valence-corrected chi connectivity index (χ3v) is 4.59. The van der Waals surface area contributed by atoms with E-state index in [1.54, 1.807) is 12.1 Å². The Bertz CT molecular complexity index is 566. The van der Waals surface area contributed by atoms with Crippen molar-refractivity contribution in [2.75, 3.05) is 5.88 Å². The first-order valence-electron chi connectivity index (χ1n) is 6.64. The zero-order valence-corrected chi connectivity index (χ0v) is 13.7. The second kappa shape index (κ2) is 7.24. The van der Waals surface area contributed by atoms with Gasteiger partial charge in [-0.2, -0.15) is 0 Å². The molecule has 0 N–H and O–H groups in total. The van der Waals surface area contributed by atoms with Crippen LogP contribution in [0.15, 0.2) is 46.9 Å². The van der Waals surface area contributed by atoms with Gasteiger partial charge in [0, 0.05) is 10.4 Å². The number of rotatable bonds is 5. The molecule has 0 aliphatic heterocycles. The van der Waals surface area contributed by atoms with Crippen molar-refractivity contribution in [2.24, 2.45) is 5.92 Å². The molecule has 2 rings (SSSR count). The van der Waals surface area contributed by atoms with Gasteiger partial charge >= 0.3 is 0 Å². The molecule has 0 aliphatic rings. The SMILES string of the molecule is Cc1ccc(CC(CCl)Cc2cc(F)ccc2Br)cc1. The molecule has 1 unspecified atom stereocenters. The number of hydrogen-bond acceptors (Lipinski definition) is 0. The van der Waals surface area contributed by atoms with Crippen LogP contribution in [0.5, 0.6) is 0 Å². The van der Waals surface area contributed by atoms with Gasteiger partial charge < -0.3 is 0 Å². The summed E-state index contributed by atoms with van der Waals surface area (Å²) in [5.41, 5.74) is 3.50. The van der Waals surface area contributed by atoms with E-state index in [2.05, 4.69) is 47.1 Å². The lowest BCUT2D eigenvalue weighted by molar-refractivity contribution is 0.575. The van der Waals surface area contributed by atoms with Gasteiger partial charge in [-0.1, -0.05) is 45.8 Å². The van der Waals surface area contributed by atoms with E-state index in [0.29, 0.717) is 11.8 Å². The van der Waals surface area contributed by atoms with Gasteiger partial charge in [0.2, 0.25) is 0 Å². The number of benzene rings is 2. The molecule has 0 aromatic heterocycles. The van der Waals surface area contributed by atoms with Crippen molar-refractivity contribution in [1.82, 2.24) is 0 Å². The lowest BCUT2D eigenvalue weighted by Gasteiger charge is -2.15. The molecule has 0 fully saturated rings. The van der Waals surface area contributed by atoms with Crippen molar-refractivity contribution in [3.05, 3.63) is 69.4 Å². The largest absolute Gasteiger partial charge is 0.207 e. The monoisotopic (exact) mass is 354 g/mol. The molecule has 0 radical (unpaired) electrons. The molecule has 0 bridgehead atoms. The first-order chi connectivity index (χ1) is 9.58. The van der Waals surface area contributed by atoms with Crippen LogP contribution in [0.3, 0.4) is 0 Å². The Hall–Kier alpha value is -0.860. The summed E-state index contributed by atoms with van der Waals surface area (Å²) in [6.07, 6.45) is 1.68. The number of hydrogen-bond donors (Lipinski definition) is 0. The third-order valence-electron chi connectivity index (χ3n) is 3.38. The molecule has 0 nitrogen and oxygen atoms in total. The van der Waals surface area contributed by atoms with Crippen molar-refractivity contribution in [3.63, 3.8) is 0 Å². The van der Waals surface area contributed by atoms with Crippen LogP contribution in [0.25, 0.3) is 0 Å². The summed E-state index contributed by atoms with van der Waals surface area (Å²) < 4.78 is 14.3. The molecule has 3 heteroatoms. The maximum Gasteiger partial charge on any atom is 0.123 e. The summed E-state index contributed by atoms with van der Waals surface area (Å²) in [7, 11) is 0. The molecule has 1 atom stereocenters. The lowest BCUT2D eigenvalue weighted by Crippen LogP contribution is -2.10. The van der Waals surface area contributed by atoms with Crippen molar-refractivity contribution in [3.8, 4) is 0 Å². The van der Waals surface area contributed by atoms with Gasteiger partial charge in [0.05, 0.1) is 0 Å².